The minimum atomic E-state index is -0.318. The third-order valence-electron chi connectivity index (χ3n) is 3.15. The standard InChI is InChI=1S/C15H21BrFNO/c1-10(4-3-5-11(2)18)15(19)8-12-6-13(16)9-14(17)7-12/h6-7,9-11H,3-5,8,18H2,1-2H3. The lowest BCUT2D eigenvalue weighted by molar-refractivity contribution is -0.121. The summed E-state index contributed by atoms with van der Waals surface area (Å²) in [5, 5.41) is 0. The number of hydrogen-bond donors (Lipinski definition) is 1. The van der Waals surface area contributed by atoms with Gasteiger partial charge in [0.05, 0.1) is 0 Å². The second-order valence-corrected chi connectivity index (χ2v) is 6.15. The molecule has 2 N–H and O–H groups in total. The van der Waals surface area contributed by atoms with E-state index in [1.807, 2.05) is 13.8 Å². The Morgan fingerprint density at radius 1 is 1.32 bits per heavy atom. The van der Waals surface area contributed by atoms with E-state index < -0.39 is 0 Å². The van der Waals surface area contributed by atoms with Gasteiger partial charge in [-0.05, 0) is 43.5 Å². The SMILES string of the molecule is CC(N)CCCC(C)C(=O)Cc1cc(F)cc(Br)c1. The molecule has 0 spiro atoms. The van der Waals surface area contributed by atoms with Crippen molar-refractivity contribution in [2.75, 3.05) is 0 Å². The van der Waals surface area contributed by atoms with E-state index in [4.69, 9.17) is 5.73 Å². The molecule has 2 nitrogen and oxygen atoms in total. The number of nitrogens with two attached hydrogens (primary N) is 1. The molecule has 1 aromatic rings. The van der Waals surface area contributed by atoms with Crippen LogP contribution in [0.4, 0.5) is 4.39 Å². The van der Waals surface area contributed by atoms with Crippen LogP contribution < -0.4 is 5.73 Å². The molecule has 106 valence electrons. The van der Waals surface area contributed by atoms with Gasteiger partial charge in [-0.2, -0.15) is 0 Å². The normalized spacial score (nSPS) is 14.2. The minimum absolute atomic E-state index is 0.000734. The molecular weight excluding hydrogens is 309 g/mol. The minimum Gasteiger partial charge on any atom is -0.328 e. The molecule has 0 aliphatic carbocycles. The van der Waals surface area contributed by atoms with Crippen LogP contribution >= 0.6 is 15.9 Å². The zero-order valence-electron chi connectivity index (χ0n) is 11.5. The number of hydrogen-bond acceptors (Lipinski definition) is 2. The maximum atomic E-state index is 13.2. The van der Waals surface area contributed by atoms with Crippen molar-refractivity contribution in [3.63, 3.8) is 0 Å². The molecule has 0 aromatic heterocycles. The molecule has 2 atom stereocenters. The molecule has 0 heterocycles. The Hall–Kier alpha value is -0.740. The number of Topliss-reactive ketones (excluding diaryl/α,β-unsaturated/α-hetero) is 1. The summed E-state index contributed by atoms with van der Waals surface area (Å²) in [5.74, 6) is -0.162. The van der Waals surface area contributed by atoms with Gasteiger partial charge < -0.3 is 5.73 Å². The number of halogens is 2. The van der Waals surface area contributed by atoms with Crippen LogP contribution in [0.2, 0.25) is 0 Å². The van der Waals surface area contributed by atoms with Crippen molar-refractivity contribution in [3.8, 4) is 0 Å². The number of rotatable bonds is 7. The maximum absolute atomic E-state index is 13.2. The predicted molar refractivity (Wildman–Crippen MR) is 79.5 cm³/mol. The van der Waals surface area contributed by atoms with Gasteiger partial charge in [-0.1, -0.05) is 29.3 Å². The molecule has 0 saturated carbocycles. The van der Waals surface area contributed by atoms with Gasteiger partial charge in [-0.15, -0.1) is 0 Å². The largest absolute Gasteiger partial charge is 0.328 e. The Kier molecular flexibility index (Phi) is 6.66. The molecule has 0 saturated heterocycles. The van der Waals surface area contributed by atoms with Gasteiger partial charge in [0, 0.05) is 22.9 Å². The van der Waals surface area contributed by atoms with Crippen LogP contribution in [0, 0.1) is 11.7 Å². The summed E-state index contributed by atoms with van der Waals surface area (Å²) in [5.41, 5.74) is 6.40. The fourth-order valence-electron chi connectivity index (χ4n) is 2.00. The lowest BCUT2D eigenvalue weighted by atomic mass is 9.94. The number of carbonyl (C=O) groups is 1. The molecule has 0 aliphatic rings. The summed E-state index contributed by atoms with van der Waals surface area (Å²) < 4.78 is 13.9. The van der Waals surface area contributed by atoms with Gasteiger partial charge in [0.2, 0.25) is 0 Å². The lowest BCUT2D eigenvalue weighted by Gasteiger charge is -2.11. The predicted octanol–water partition coefficient (Wildman–Crippen LogP) is 3.85. The fraction of sp³-hybridized carbons (Fsp3) is 0.533. The topological polar surface area (TPSA) is 43.1 Å². The highest BCUT2D eigenvalue weighted by molar-refractivity contribution is 9.10. The van der Waals surface area contributed by atoms with E-state index in [1.165, 1.54) is 12.1 Å². The molecule has 0 radical (unpaired) electrons. The van der Waals surface area contributed by atoms with Gasteiger partial charge in [0.15, 0.2) is 0 Å². The Labute approximate surface area is 122 Å². The Morgan fingerprint density at radius 3 is 2.58 bits per heavy atom. The quantitative estimate of drug-likeness (QED) is 0.825. The molecule has 2 unspecified atom stereocenters. The lowest BCUT2D eigenvalue weighted by Crippen LogP contribution is -2.17. The second kappa shape index (κ2) is 7.75. The van der Waals surface area contributed by atoms with E-state index >= 15 is 0 Å². The van der Waals surface area contributed by atoms with Crippen LogP contribution in [0.5, 0.6) is 0 Å². The first-order chi connectivity index (χ1) is 8.88. The van der Waals surface area contributed by atoms with Crippen molar-refractivity contribution in [3.05, 3.63) is 34.1 Å². The molecule has 1 rings (SSSR count). The van der Waals surface area contributed by atoms with Crippen molar-refractivity contribution in [2.45, 2.75) is 45.6 Å². The number of ketones is 1. The highest BCUT2D eigenvalue weighted by Gasteiger charge is 2.14. The molecule has 0 bridgehead atoms. The van der Waals surface area contributed by atoms with Gasteiger partial charge in [-0.25, -0.2) is 4.39 Å². The fourth-order valence-corrected chi connectivity index (χ4v) is 2.51. The molecule has 4 heteroatoms. The Balaban J connectivity index is 2.49. The number of carbonyl (C=O) groups excluding carboxylic acids is 1. The van der Waals surface area contributed by atoms with Crippen molar-refractivity contribution < 1.29 is 9.18 Å². The van der Waals surface area contributed by atoms with Gasteiger partial charge in [0.1, 0.15) is 11.6 Å². The van der Waals surface area contributed by atoms with Crippen LogP contribution in [-0.4, -0.2) is 11.8 Å². The molecular formula is C15H21BrFNO. The first kappa shape index (κ1) is 16.3. The summed E-state index contributed by atoms with van der Waals surface area (Å²) in [7, 11) is 0. The van der Waals surface area contributed by atoms with E-state index in [0.717, 1.165) is 24.8 Å². The monoisotopic (exact) mass is 329 g/mol. The van der Waals surface area contributed by atoms with Crippen LogP contribution in [0.1, 0.15) is 38.7 Å². The van der Waals surface area contributed by atoms with Crippen LogP contribution in [0.3, 0.4) is 0 Å². The third kappa shape index (κ3) is 6.30. The van der Waals surface area contributed by atoms with Gasteiger partial charge in [-0.3, -0.25) is 4.79 Å². The van der Waals surface area contributed by atoms with Crippen LogP contribution in [0.25, 0.3) is 0 Å². The smallest absolute Gasteiger partial charge is 0.140 e. The van der Waals surface area contributed by atoms with Crippen LogP contribution in [0.15, 0.2) is 22.7 Å². The molecule has 0 amide bonds. The number of benzene rings is 1. The maximum Gasteiger partial charge on any atom is 0.140 e. The third-order valence-corrected chi connectivity index (χ3v) is 3.60. The van der Waals surface area contributed by atoms with Gasteiger partial charge >= 0.3 is 0 Å². The average molecular weight is 330 g/mol. The van der Waals surface area contributed by atoms with E-state index in [0.29, 0.717) is 4.47 Å². The Bertz CT molecular complexity index is 414. The van der Waals surface area contributed by atoms with Crippen molar-refractivity contribution >= 4 is 21.7 Å². The summed E-state index contributed by atoms with van der Waals surface area (Å²) in [6.45, 7) is 3.90. The second-order valence-electron chi connectivity index (χ2n) is 5.23. The molecule has 1 aromatic carbocycles. The summed E-state index contributed by atoms with van der Waals surface area (Å²) in [6, 6.07) is 4.77. The summed E-state index contributed by atoms with van der Waals surface area (Å²) in [4.78, 5) is 12.0. The molecule has 0 aliphatic heterocycles. The Morgan fingerprint density at radius 2 is 2.00 bits per heavy atom. The highest BCUT2D eigenvalue weighted by atomic mass is 79.9. The van der Waals surface area contributed by atoms with E-state index in [2.05, 4.69) is 15.9 Å². The van der Waals surface area contributed by atoms with E-state index in [9.17, 15) is 9.18 Å². The molecule has 0 fully saturated rings. The molecule has 19 heavy (non-hydrogen) atoms. The zero-order valence-corrected chi connectivity index (χ0v) is 13.0. The zero-order chi connectivity index (χ0) is 14.4. The average Bonchev–Trinajstić information content (AvgIpc) is 2.26. The van der Waals surface area contributed by atoms with Crippen molar-refractivity contribution in [1.29, 1.82) is 0 Å². The van der Waals surface area contributed by atoms with Crippen molar-refractivity contribution in [2.24, 2.45) is 11.7 Å². The van der Waals surface area contributed by atoms with Crippen LogP contribution in [-0.2, 0) is 11.2 Å². The van der Waals surface area contributed by atoms with E-state index in [1.54, 1.807) is 6.07 Å². The van der Waals surface area contributed by atoms with Gasteiger partial charge in [0.25, 0.3) is 0 Å². The summed E-state index contributed by atoms with van der Waals surface area (Å²) >= 11 is 3.23. The summed E-state index contributed by atoms with van der Waals surface area (Å²) in [6.07, 6.45) is 3.02. The first-order valence-electron chi connectivity index (χ1n) is 6.61. The highest BCUT2D eigenvalue weighted by Crippen LogP contribution is 2.18. The van der Waals surface area contributed by atoms with E-state index in [-0.39, 0.29) is 30.0 Å². The first-order valence-corrected chi connectivity index (χ1v) is 7.41. The van der Waals surface area contributed by atoms with Crippen molar-refractivity contribution in [1.82, 2.24) is 0 Å².